The van der Waals surface area contributed by atoms with E-state index in [-0.39, 0.29) is 12.5 Å². The molecule has 0 aliphatic heterocycles. The second-order valence-electron chi connectivity index (χ2n) is 8.17. The van der Waals surface area contributed by atoms with E-state index >= 15 is 0 Å². The Hall–Kier alpha value is -2.65. The number of unbranched alkanes of at least 4 members (excludes halogenated alkanes) is 1. The van der Waals surface area contributed by atoms with E-state index in [1.807, 2.05) is 6.92 Å². The van der Waals surface area contributed by atoms with Gasteiger partial charge >= 0.3 is 0 Å². The number of amides is 2. The Morgan fingerprint density at radius 3 is 2.35 bits per heavy atom. The first-order valence-corrected chi connectivity index (χ1v) is 13.2. The Bertz CT molecular complexity index is 1110. The Balaban J connectivity index is 2.37. The number of rotatable bonds is 11. The average Bonchev–Trinajstić information content (AvgIpc) is 2.76. The van der Waals surface area contributed by atoms with Gasteiger partial charge in [0.2, 0.25) is 21.8 Å². The molecule has 2 rings (SSSR count). The number of halogens is 2. The van der Waals surface area contributed by atoms with E-state index in [0.717, 1.165) is 23.4 Å². The van der Waals surface area contributed by atoms with Gasteiger partial charge in [0.15, 0.2) is 0 Å². The predicted octanol–water partition coefficient (Wildman–Crippen LogP) is 3.89. The molecule has 0 radical (unpaired) electrons. The van der Waals surface area contributed by atoms with E-state index in [1.165, 1.54) is 35.2 Å². The van der Waals surface area contributed by atoms with Crippen LogP contribution in [0.1, 0.15) is 37.8 Å². The van der Waals surface area contributed by atoms with Crippen LogP contribution in [0.25, 0.3) is 0 Å². The van der Waals surface area contributed by atoms with E-state index in [1.54, 1.807) is 26.0 Å². The largest absolute Gasteiger partial charge is 0.354 e. The number of carbonyl (C=O) groups is 2. The third kappa shape index (κ3) is 7.70. The molecule has 2 aromatic rings. The molecule has 0 aliphatic rings. The van der Waals surface area contributed by atoms with Crippen LogP contribution in [0.2, 0.25) is 5.02 Å². The fourth-order valence-corrected chi connectivity index (χ4v) is 4.53. The van der Waals surface area contributed by atoms with E-state index in [4.69, 9.17) is 11.6 Å². The highest BCUT2D eigenvalue weighted by molar-refractivity contribution is 7.92. The molecular formula is C24H31ClFN3O4S. The van der Waals surface area contributed by atoms with Crippen molar-refractivity contribution in [2.45, 2.75) is 46.2 Å². The molecule has 2 amide bonds. The maximum Gasteiger partial charge on any atom is 0.244 e. The minimum Gasteiger partial charge on any atom is -0.354 e. The number of nitrogens with one attached hydrogen (secondary N) is 1. The van der Waals surface area contributed by atoms with Gasteiger partial charge < -0.3 is 10.2 Å². The molecule has 0 unspecified atom stereocenters. The molecule has 0 bridgehead atoms. The maximum absolute atomic E-state index is 13.4. The molecule has 0 saturated carbocycles. The lowest BCUT2D eigenvalue weighted by Crippen LogP contribution is -2.51. The second-order valence-corrected chi connectivity index (χ2v) is 10.5. The fourth-order valence-electron chi connectivity index (χ4n) is 3.40. The summed E-state index contributed by atoms with van der Waals surface area (Å²) in [6.45, 7) is 5.26. The fraction of sp³-hybridized carbons (Fsp3) is 0.417. The van der Waals surface area contributed by atoms with Gasteiger partial charge in [0, 0.05) is 18.1 Å². The smallest absolute Gasteiger partial charge is 0.244 e. The zero-order chi connectivity index (χ0) is 25.5. The summed E-state index contributed by atoms with van der Waals surface area (Å²) in [6.07, 6.45) is 2.71. The van der Waals surface area contributed by atoms with Crippen LogP contribution in [-0.2, 0) is 26.2 Å². The topological polar surface area (TPSA) is 86.8 Å². The molecular weight excluding hydrogens is 481 g/mol. The number of aryl methyl sites for hydroxylation is 1. The van der Waals surface area contributed by atoms with Crippen LogP contribution in [0, 0.1) is 12.7 Å². The molecule has 0 fully saturated rings. The Labute approximate surface area is 205 Å². The molecule has 1 atom stereocenters. The van der Waals surface area contributed by atoms with Crippen molar-refractivity contribution in [1.29, 1.82) is 0 Å². The lowest BCUT2D eigenvalue weighted by atomic mass is 10.1. The summed E-state index contributed by atoms with van der Waals surface area (Å²) in [4.78, 5) is 27.5. The van der Waals surface area contributed by atoms with Crippen molar-refractivity contribution < 1.29 is 22.4 Å². The maximum atomic E-state index is 13.4. The highest BCUT2D eigenvalue weighted by atomic mass is 35.5. The SMILES string of the molecule is CCCCNC(=O)[C@H](C)N(Cc1ccc(F)cc1)C(=O)CN(c1ccc(Cl)cc1C)S(C)(=O)=O. The van der Waals surface area contributed by atoms with Gasteiger partial charge in [0.25, 0.3) is 0 Å². The van der Waals surface area contributed by atoms with Crippen molar-refractivity contribution in [3.63, 3.8) is 0 Å². The quantitative estimate of drug-likeness (QED) is 0.464. The molecule has 0 saturated heterocycles. The Morgan fingerprint density at radius 1 is 1.15 bits per heavy atom. The summed E-state index contributed by atoms with van der Waals surface area (Å²) in [6, 6.07) is 9.41. The van der Waals surface area contributed by atoms with Crippen LogP contribution >= 0.6 is 11.6 Å². The summed E-state index contributed by atoms with van der Waals surface area (Å²) < 4.78 is 39.6. The second kappa shape index (κ2) is 12.2. The van der Waals surface area contributed by atoms with E-state index < -0.39 is 34.3 Å². The van der Waals surface area contributed by atoms with Crippen molar-refractivity contribution in [1.82, 2.24) is 10.2 Å². The van der Waals surface area contributed by atoms with Gasteiger partial charge in [-0.2, -0.15) is 0 Å². The molecule has 7 nitrogen and oxygen atoms in total. The molecule has 0 spiro atoms. The lowest BCUT2D eigenvalue weighted by Gasteiger charge is -2.32. The number of nitrogens with zero attached hydrogens (tertiary/aromatic N) is 2. The number of carbonyl (C=O) groups excluding carboxylic acids is 2. The van der Waals surface area contributed by atoms with Gasteiger partial charge in [0.1, 0.15) is 18.4 Å². The highest BCUT2D eigenvalue weighted by Crippen LogP contribution is 2.26. The molecule has 0 heterocycles. The molecule has 10 heteroatoms. The van der Waals surface area contributed by atoms with Crippen molar-refractivity contribution in [3.8, 4) is 0 Å². The third-order valence-electron chi connectivity index (χ3n) is 5.37. The summed E-state index contributed by atoms with van der Waals surface area (Å²) in [5.74, 6) is -1.34. The molecule has 1 N–H and O–H groups in total. The van der Waals surface area contributed by atoms with Crippen molar-refractivity contribution in [2.75, 3.05) is 23.7 Å². The summed E-state index contributed by atoms with van der Waals surface area (Å²) >= 11 is 6.01. The number of sulfonamides is 1. The van der Waals surface area contributed by atoms with E-state index in [2.05, 4.69) is 5.32 Å². The molecule has 34 heavy (non-hydrogen) atoms. The van der Waals surface area contributed by atoms with Gasteiger partial charge in [-0.3, -0.25) is 13.9 Å². The summed E-state index contributed by atoms with van der Waals surface area (Å²) in [7, 11) is -3.83. The van der Waals surface area contributed by atoms with Crippen LogP contribution in [0.3, 0.4) is 0 Å². The number of anilines is 1. The minimum atomic E-state index is -3.83. The van der Waals surface area contributed by atoms with Gasteiger partial charge in [-0.05, 0) is 61.7 Å². The predicted molar refractivity (Wildman–Crippen MR) is 133 cm³/mol. The number of benzene rings is 2. The van der Waals surface area contributed by atoms with Crippen LogP contribution in [0.5, 0.6) is 0 Å². The van der Waals surface area contributed by atoms with Crippen LogP contribution < -0.4 is 9.62 Å². The minimum absolute atomic E-state index is 0.0126. The van der Waals surface area contributed by atoms with Gasteiger partial charge in [-0.25, -0.2) is 12.8 Å². The summed E-state index contributed by atoms with van der Waals surface area (Å²) in [5, 5.41) is 3.25. The van der Waals surface area contributed by atoms with Gasteiger partial charge in [-0.15, -0.1) is 0 Å². The normalized spacial score (nSPS) is 12.2. The first-order chi connectivity index (χ1) is 15.9. The molecule has 186 valence electrons. The molecule has 0 aliphatic carbocycles. The molecule has 2 aromatic carbocycles. The lowest BCUT2D eigenvalue weighted by molar-refractivity contribution is -0.139. The van der Waals surface area contributed by atoms with Crippen LogP contribution in [0.15, 0.2) is 42.5 Å². The zero-order valence-corrected chi connectivity index (χ0v) is 21.4. The number of hydrogen-bond acceptors (Lipinski definition) is 4. The van der Waals surface area contributed by atoms with Crippen molar-refractivity contribution in [3.05, 3.63) is 64.4 Å². The third-order valence-corrected chi connectivity index (χ3v) is 6.73. The van der Waals surface area contributed by atoms with Crippen LogP contribution in [0.4, 0.5) is 10.1 Å². The average molecular weight is 512 g/mol. The van der Waals surface area contributed by atoms with Gasteiger partial charge in [-0.1, -0.05) is 37.1 Å². The molecule has 0 aromatic heterocycles. The first-order valence-electron chi connectivity index (χ1n) is 11.0. The monoisotopic (exact) mass is 511 g/mol. The first kappa shape index (κ1) is 27.6. The van der Waals surface area contributed by atoms with Crippen LogP contribution in [-0.4, -0.2) is 50.5 Å². The Kier molecular flexibility index (Phi) is 9.88. The zero-order valence-electron chi connectivity index (χ0n) is 19.8. The van der Waals surface area contributed by atoms with E-state index in [0.29, 0.717) is 28.4 Å². The number of hydrogen-bond donors (Lipinski definition) is 1. The van der Waals surface area contributed by atoms with Crippen molar-refractivity contribution >= 4 is 39.1 Å². The Morgan fingerprint density at radius 2 is 1.79 bits per heavy atom. The van der Waals surface area contributed by atoms with Crippen molar-refractivity contribution in [2.24, 2.45) is 0 Å². The van der Waals surface area contributed by atoms with Gasteiger partial charge in [0.05, 0.1) is 11.9 Å². The van der Waals surface area contributed by atoms with E-state index in [9.17, 15) is 22.4 Å². The summed E-state index contributed by atoms with van der Waals surface area (Å²) in [5.41, 5.74) is 1.51. The highest BCUT2D eigenvalue weighted by Gasteiger charge is 2.30. The standard InChI is InChI=1S/C24H31ClFN3O4S/c1-5-6-13-27-24(31)18(3)28(15-19-7-10-21(26)11-8-19)23(30)16-29(34(4,32)33)22-12-9-20(25)14-17(22)2/h7-12,14,18H,5-6,13,15-16H2,1-4H3,(H,27,31)/t18-/m0/s1.